The fraction of sp³-hybridized carbons (Fsp3) is 0.261. The summed E-state index contributed by atoms with van der Waals surface area (Å²) in [5.74, 6) is 0.345. The molecule has 0 fully saturated rings. The Labute approximate surface area is 199 Å². The van der Waals surface area contributed by atoms with Crippen LogP contribution in [0.2, 0.25) is 0 Å². The summed E-state index contributed by atoms with van der Waals surface area (Å²) in [6.07, 6.45) is 1.47. The highest BCUT2D eigenvalue weighted by Crippen LogP contribution is 2.32. The predicted octanol–water partition coefficient (Wildman–Crippen LogP) is 2.33. The molecule has 178 valence electrons. The molecule has 1 aliphatic rings. The number of ether oxygens (including phenoxy) is 2. The van der Waals surface area contributed by atoms with Gasteiger partial charge in [-0.2, -0.15) is 0 Å². The molecule has 0 saturated heterocycles. The zero-order valence-corrected chi connectivity index (χ0v) is 18.9. The third-order valence-electron chi connectivity index (χ3n) is 4.93. The van der Waals surface area contributed by atoms with Crippen LogP contribution < -0.4 is 20.1 Å². The Morgan fingerprint density at radius 3 is 2.62 bits per heavy atom. The van der Waals surface area contributed by atoms with Crippen molar-refractivity contribution in [1.82, 2.24) is 14.9 Å². The normalized spacial score (nSPS) is 12.3. The minimum atomic E-state index is -0.347. The SMILES string of the molecule is O=C(Cn1c(CO)cnc1SCC(=O)Nc1ccc2c(c1)OCCO2)NCc1ccc(F)cc1. The number of hydrogen-bond acceptors (Lipinski definition) is 7. The van der Waals surface area contributed by atoms with E-state index in [9.17, 15) is 19.1 Å². The van der Waals surface area contributed by atoms with Crippen LogP contribution in [0.4, 0.5) is 10.1 Å². The smallest absolute Gasteiger partial charge is 0.240 e. The first-order chi connectivity index (χ1) is 16.5. The lowest BCUT2D eigenvalue weighted by Gasteiger charge is -2.19. The minimum absolute atomic E-state index is 0.0491. The average molecular weight is 487 g/mol. The van der Waals surface area contributed by atoms with Crippen LogP contribution in [0, 0.1) is 5.82 Å². The van der Waals surface area contributed by atoms with Gasteiger partial charge in [-0.25, -0.2) is 9.37 Å². The van der Waals surface area contributed by atoms with Gasteiger partial charge in [0.15, 0.2) is 16.7 Å². The van der Waals surface area contributed by atoms with E-state index in [-0.39, 0.29) is 43.1 Å². The molecule has 0 unspecified atom stereocenters. The second kappa shape index (κ2) is 11.0. The highest BCUT2D eigenvalue weighted by atomic mass is 32.2. The molecule has 0 bridgehead atoms. The van der Waals surface area contributed by atoms with Crippen LogP contribution >= 0.6 is 11.8 Å². The molecule has 4 rings (SSSR count). The van der Waals surface area contributed by atoms with Crippen molar-refractivity contribution in [1.29, 1.82) is 0 Å². The molecule has 1 aromatic heterocycles. The molecule has 0 atom stereocenters. The highest BCUT2D eigenvalue weighted by Gasteiger charge is 2.16. The molecule has 0 aliphatic carbocycles. The predicted molar refractivity (Wildman–Crippen MR) is 123 cm³/mol. The Balaban J connectivity index is 1.32. The van der Waals surface area contributed by atoms with Gasteiger partial charge in [0.1, 0.15) is 25.6 Å². The summed E-state index contributed by atoms with van der Waals surface area (Å²) >= 11 is 1.15. The lowest BCUT2D eigenvalue weighted by Crippen LogP contribution is -2.28. The molecule has 9 nitrogen and oxygen atoms in total. The van der Waals surface area contributed by atoms with E-state index < -0.39 is 0 Å². The van der Waals surface area contributed by atoms with E-state index in [4.69, 9.17) is 9.47 Å². The van der Waals surface area contributed by atoms with Gasteiger partial charge in [-0.05, 0) is 29.8 Å². The fourth-order valence-corrected chi connectivity index (χ4v) is 4.05. The van der Waals surface area contributed by atoms with E-state index in [1.807, 2.05) is 0 Å². The van der Waals surface area contributed by atoms with Gasteiger partial charge < -0.3 is 29.8 Å². The standard InChI is InChI=1S/C23H23FN4O5S/c24-16-3-1-15(2-4-16)10-25-21(30)12-28-18(13-29)11-26-23(28)34-14-22(31)27-17-5-6-19-20(9-17)33-8-7-32-19/h1-6,9,11,29H,7-8,10,12-14H2,(H,25,30)(H,27,31). The van der Waals surface area contributed by atoms with Crippen LogP contribution in [0.15, 0.2) is 53.8 Å². The van der Waals surface area contributed by atoms with Gasteiger partial charge in [0.2, 0.25) is 11.8 Å². The summed E-state index contributed by atoms with van der Waals surface area (Å²) in [5, 5.41) is 15.6. The van der Waals surface area contributed by atoms with Crippen LogP contribution in [-0.4, -0.2) is 45.4 Å². The van der Waals surface area contributed by atoms with Gasteiger partial charge in [-0.1, -0.05) is 23.9 Å². The van der Waals surface area contributed by atoms with E-state index in [0.717, 1.165) is 17.3 Å². The first-order valence-corrected chi connectivity index (χ1v) is 11.5. The number of aliphatic hydroxyl groups excluding tert-OH is 1. The second-order valence-corrected chi connectivity index (χ2v) is 8.32. The van der Waals surface area contributed by atoms with Crippen LogP contribution in [0.3, 0.4) is 0 Å². The number of aromatic nitrogens is 2. The lowest BCUT2D eigenvalue weighted by molar-refractivity contribution is -0.122. The van der Waals surface area contributed by atoms with E-state index in [0.29, 0.717) is 41.3 Å². The lowest BCUT2D eigenvalue weighted by atomic mass is 10.2. The summed E-state index contributed by atoms with van der Waals surface area (Å²) in [4.78, 5) is 29.1. The van der Waals surface area contributed by atoms with E-state index in [1.54, 1.807) is 34.9 Å². The first kappa shape index (κ1) is 23.6. The molecular weight excluding hydrogens is 463 g/mol. The quantitative estimate of drug-likeness (QED) is 0.398. The maximum absolute atomic E-state index is 13.0. The van der Waals surface area contributed by atoms with Crippen molar-refractivity contribution >= 4 is 29.3 Å². The summed E-state index contributed by atoms with van der Waals surface area (Å²) in [7, 11) is 0. The topological polar surface area (TPSA) is 115 Å². The number of carbonyl (C=O) groups is 2. The van der Waals surface area contributed by atoms with Gasteiger partial charge in [-0.3, -0.25) is 9.59 Å². The Morgan fingerprint density at radius 2 is 1.85 bits per heavy atom. The molecular formula is C23H23FN4O5S. The number of aliphatic hydroxyl groups is 1. The number of rotatable bonds is 9. The van der Waals surface area contributed by atoms with E-state index >= 15 is 0 Å². The number of nitrogens with one attached hydrogen (secondary N) is 2. The number of benzene rings is 2. The summed E-state index contributed by atoms with van der Waals surface area (Å²) < 4.78 is 25.6. The van der Waals surface area contributed by atoms with Crippen LogP contribution in [0.5, 0.6) is 11.5 Å². The maximum Gasteiger partial charge on any atom is 0.240 e. The number of halogens is 1. The second-order valence-electron chi connectivity index (χ2n) is 7.37. The number of hydrogen-bond donors (Lipinski definition) is 3. The molecule has 0 spiro atoms. The number of imidazole rings is 1. The summed E-state index contributed by atoms with van der Waals surface area (Å²) in [5.41, 5.74) is 1.79. The average Bonchev–Trinajstić information content (AvgIpc) is 3.23. The van der Waals surface area contributed by atoms with Gasteiger partial charge >= 0.3 is 0 Å². The van der Waals surface area contributed by atoms with Gasteiger partial charge in [-0.15, -0.1) is 0 Å². The van der Waals surface area contributed by atoms with Crippen molar-refractivity contribution < 1.29 is 28.6 Å². The molecule has 3 aromatic rings. The third kappa shape index (κ3) is 6.06. The van der Waals surface area contributed by atoms with Crippen molar-refractivity contribution in [3.63, 3.8) is 0 Å². The van der Waals surface area contributed by atoms with Crippen molar-refractivity contribution in [2.75, 3.05) is 24.3 Å². The summed E-state index contributed by atoms with van der Waals surface area (Å²) in [6, 6.07) is 11.0. The molecule has 1 aliphatic heterocycles. The van der Waals surface area contributed by atoms with Crippen LogP contribution in [0.25, 0.3) is 0 Å². The van der Waals surface area contributed by atoms with Crippen LogP contribution in [0.1, 0.15) is 11.3 Å². The maximum atomic E-state index is 13.0. The molecule has 2 heterocycles. The van der Waals surface area contributed by atoms with Crippen molar-refractivity contribution in [2.45, 2.75) is 24.9 Å². The van der Waals surface area contributed by atoms with Gasteiger partial charge in [0, 0.05) is 18.3 Å². The van der Waals surface area contributed by atoms with E-state index in [1.165, 1.54) is 18.3 Å². The minimum Gasteiger partial charge on any atom is -0.486 e. The Kier molecular flexibility index (Phi) is 7.65. The molecule has 34 heavy (non-hydrogen) atoms. The molecule has 2 amide bonds. The summed E-state index contributed by atoms with van der Waals surface area (Å²) in [6.45, 7) is 0.795. The molecule has 0 radical (unpaired) electrons. The van der Waals surface area contributed by atoms with Crippen molar-refractivity contribution in [2.24, 2.45) is 0 Å². The van der Waals surface area contributed by atoms with Crippen LogP contribution in [-0.2, 0) is 29.3 Å². The monoisotopic (exact) mass is 486 g/mol. The number of carbonyl (C=O) groups excluding carboxylic acids is 2. The van der Waals surface area contributed by atoms with Crippen molar-refractivity contribution in [3.05, 3.63) is 65.7 Å². The Morgan fingerprint density at radius 1 is 1.09 bits per heavy atom. The van der Waals surface area contributed by atoms with Gasteiger partial charge in [0.25, 0.3) is 0 Å². The van der Waals surface area contributed by atoms with E-state index in [2.05, 4.69) is 15.6 Å². The number of nitrogens with zero attached hydrogens (tertiary/aromatic N) is 2. The Bertz CT molecular complexity index is 1170. The van der Waals surface area contributed by atoms with Crippen molar-refractivity contribution in [3.8, 4) is 11.5 Å². The molecule has 2 aromatic carbocycles. The Hall–Kier alpha value is -3.57. The third-order valence-corrected chi connectivity index (χ3v) is 5.92. The number of fused-ring (bicyclic) bond motifs is 1. The zero-order valence-electron chi connectivity index (χ0n) is 18.1. The largest absolute Gasteiger partial charge is 0.486 e. The molecule has 0 saturated carbocycles. The van der Waals surface area contributed by atoms with Gasteiger partial charge in [0.05, 0.1) is 24.3 Å². The number of thioether (sulfide) groups is 1. The number of amides is 2. The zero-order chi connectivity index (χ0) is 23.9. The molecule has 3 N–H and O–H groups in total. The fourth-order valence-electron chi connectivity index (χ4n) is 3.25. The first-order valence-electron chi connectivity index (χ1n) is 10.5. The highest BCUT2D eigenvalue weighted by molar-refractivity contribution is 7.99. The molecule has 11 heteroatoms. The number of anilines is 1.